The molecule has 0 bridgehead atoms. The van der Waals surface area contributed by atoms with Gasteiger partial charge in [0.15, 0.2) is 4.96 Å². The van der Waals surface area contributed by atoms with E-state index in [0.29, 0.717) is 19.1 Å². The molecule has 6 heteroatoms. The molecule has 0 radical (unpaired) electrons. The number of rotatable bonds is 6. The van der Waals surface area contributed by atoms with E-state index in [1.807, 2.05) is 37.4 Å². The van der Waals surface area contributed by atoms with Crippen LogP contribution >= 0.6 is 11.3 Å². The predicted octanol–water partition coefficient (Wildman–Crippen LogP) is 4.80. The lowest BCUT2D eigenvalue weighted by Crippen LogP contribution is -2.44. The SMILES string of the molecule is CCOc1ccc(-c2cn3c(CC(=O)N4CCCCC4CC)csc3n2)cc1. The van der Waals surface area contributed by atoms with Crippen molar-refractivity contribution < 1.29 is 9.53 Å². The highest BCUT2D eigenvalue weighted by Gasteiger charge is 2.26. The van der Waals surface area contributed by atoms with Crippen LogP contribution in [0.1, 0.15) is 45.2 Å². The summed E-state index contributed by atoms with van der Waals surface area (Å²) >= 11 is 1.59. The van der Waals surface area contributed by atoms with Crippen LogP contribution in [0.4, 0.5) is 0 Å². The summed E-state index contributed by atoms with van der Waals surface area (Å²) in [4.78, 5) is 20.7. The number of fused-ring (bicyclic) bond motifs is 1. The molecule has 1 saturated heterocycles. The van der Waals surface area contributed by atoms with Gasteiger partial charge in [-0.1, -0.05) is 6.92 Å². The van der Waals surface area contributed by atoms with E-state index in [2.05, 4.69) is 21.6 Å². The lowest BCUT2D eigenvalue weighted by molar-refractivity contribution is -0.134. The van der Waals surface area contributed by atoms with Gasteiger partial charge in [-0.05, 0) is 56.9 Å². The average Bonchev–Trinajstić information content (AvgIpc) is 3.31. The molecule has 5 nitrogen and oxygen atoms in total. The number of nitrogens with zero attached hydrogens (tertiary/aromatic N) is 3. The van der Waals surface area contributed by atoms with Crippen LogP contribution in [0.25, 0.3) is 16.2 Å². The molecule has 4 rings (SSSR count). The highest BCUT2D eigenvalue weighted by Crippen LogP contribution is 2.27. The first-order valence-corrected chi connectivity index (χ1v) is 11.1. The number of hydrogen-bond donors (Lipinski definition) is 0. The van der Waals surface area contributed by atoms with E-state index in [0.717, 1.165) is 53.5 Å². The summed E-state index contributed by atoms with van der Waals surface area (Å²) in [6.45, 7) is 5.71. The Morgan fingerprint density at radius 1 is 1.25 bits per heavy atom. The normalized spacial score (nSPS) is 17.2. The van der Waals surface area contributed by atoms with Crippen molar-refractivity contribution in [3.8, 4) is 17.0 Å². The quantitative estimate of drug-likeness (QED) is 0.600. The fraction of sp³-hybridized carbons (Fsp3) is 0.455. The van der Waals surface area contributed by atoms with E-state index < -0.39 is 0 Å². The number of thiazole rings is 1. The molecular weight excluding hydrogens is 370 g/mol. The summed E-state index contributed by atoms with van der Waals surface area (Å²) in [5.41, 5.74) is 3.00. The first kappa shape index (κ1) is 19.0. The maximum atomic E-state index is 12.9. The molecule has 0 spiro atoms. The van der Waals surface area contributed by atoms with Crippen molar-refractivity contribution in [2.75, 3.05) is 13.2 Å². The third kappa shape index (κ3) is 3.78. The standard InChI is InChI=1S/C22H27N3O2S/c1-3-17-7-5-6-12-24(17)21(26)13-18-15-28-22-23-20(14-25(18)22)16-8-10-19(11-9-16)27-4-2/h8-11,14-15,17H,3-7,12-13H2,1-2H3. The summed E-state index contributed by atoms with van der Waals surface area (Å²) < 4.78 is 7.58. The van der Waals surface area contributed by atoms with Gasteiger partial charge in [0.05, 0.1) is 18.7 Å². The molecule has 148 valence electrons. The Morgan fingerprint density at radius 3 is 2.82 bits per heavy atom. The molecule has 0 N–H and O–H groups in total. The van der Waals surface area contributed by atoms with Gasteiger partial charge < -0.3 is 9.64 Å². The van der Waals surface area contributed by atoms with E-state index >= 15 is 0 Å². The topological polar surface area (TPSA) is 46.8 Å². The second kappa shape index (κ2) is 8.35. The molecule has 0 saturated carbocycles. The molecule has 3 heterocycles. The van der Waals surface area contributed by atoms with Crippen LogP contribution in [0.3, 0.4) is 0 Å². The molecule has 1 aromatic carbocycles. The maximum absolute atomic E-state index is 12.9. The van der Waals surface area contributed by atoms with Gasteiger partial charge in [0.2, 0.25) is 5.91 Å². The summed E-state index contributed by atoms with van der Waals surface area (Å²) in [5.74, 6) is 1.10. The zero-order valence-corrected chi connectivity index (χ0v) is 17.4. The molecule has 1 aliphatic heterocycles. The van der Waals surface area contributed by atoms with E-state index in [1.165, 1.54) is 6.42 Å². The Labute approximate surface area is 170 Å². The number of aromatic nitrogens is 2. The first-order valence-electron chi connectivity index (χ1n) is 10.2. The van der Waals surface area contributed by atoms with Gasteiger partial charge in [-0.2, -0.15) is 0 Å². The number of likely N-dealkylation sites (tertiary alicyclic amines) is 1. The second-order valence-corrected chi connectivity index (χ2v) is 8.12. The monoisotopic (exact) mass is 397 g/mol. The number of carbonyl (C=O) groups excluding carboxylic acids is 1. The summed E-state index contributed by atoms with van der Waals surface area (Å²) in [7, 11) is 0. The van der Waals surface area contributed by atoms with Crippen LogP contribution in [-0.2, 0) is 11.2 Å². The van der Waals surface area contributed by atoms with Gasteiger partial charge in [-0.15, -0.1) is 11.3 Å². The lowest BCUT2D eigenvalue weighted by atomic mass is 9.99. The third-order valence-corrected chi connectivity index (χ3v) is 6.38. The van der Waals surface area contributed by atoms with Crippen molar-refractivity contribution in [3.63, 3.8) is 0 Å². The Kier molecular flexibility index (Phi) is 5.67. The molecule has 1 amide bonds. The van der Waals surface area contributed by atoms with Gasteiger partial charge in [0.25, 0.3) is 0 Å². The number of piperidine rings is 1. The highest BCUT2D eigenvalue weighted by molar-refractivity contribution is 7.15. The maximum Gasteiger partial charge on any atom is 0.228 e. The fourth-order valence-corrected chi connectivity index (χ4v) is 4.87. The molecule has 28 heavy (non-hydrogen) atoms. The average molecular weight is 398 g/mol. The van der Waals surface area contributed by atoms with Crippen molar-refractivity contribution in [2.24, 2.45) is 0 Å². The Balaban J connectivity index is 1.53. The van der Waals surface area contributed by atoms with Crippen molar-refractivity contribution in [1.82, 2.24) is 14.3 Å². The Bertz CT molecular complexity index is 945. The minimum absolute atomic E-state index is 0.238. The van der Waals surface area contributed by atoms with Crippen LogP contribution in [0.15, 0.2) is 35.8 Å². The van der Waals surface area contributed by atoms with Crippen molar-refractivity contribution in [2.45, 2.75) is 52.0 Å². The van der Waals surface area contributed by atoms with Crippen LogP contribution in [-0.4, -0.2) is 39.4 Å². The zero-order chi connectivity index (χ0) is 19.5. The van der Waals surface area contributed by atoms with E-state index in [-0.39, 0.29) is 5.91 Å². The van der Waals surface area contributed by atoms with Gasteiger partial charge in [0.1, 0.15) is 5.75 Å². The number of imidazole rings is 1. The van der Waals surface area contributed by atoms with Crippen molar-refractivity contribution in [1.29, 1.82) is 0 Å². The van der Waals surface area contributed by atoms with Crippen LogP contribution in [0.5, 0.6) is 5.75 Å². The predicted molar refractivity (Wildman–Crippen MR) is 113 cm³/mol. The molecule has 2 aromatic heterocycles. The molecule has 1 aliphatic rings. The lowest BCUT2D eigenvalue weighted by Gasteiger charge is -2.35. The van der Waals surface area contributed by atoms with E-state index in [1.54, 1.807) is 11.3 Å². The van der Waals surface area contributed by atoms with Gasteiger partial charge in [0, 0.05) is 35.4 Å². The van der Waals surface area contributed by atoms with Crippen LogP contribution < -0.4 is 4.74 Å². The van der Waals surface area contributed by atoms with Crippen molar-refractivity contribution >= 4 is 22.2 Å². The fourth-order valence-electron chi connectivity index (χ4n) is 3.99. The Morgan fingerprint density at radius 2 is 2.07 bits per heavy atom. The number of ether oxygens (including phenoxy) is 1. The van der Waals surface area contributed by atoms with Crippen molar-refractivity contribution in [3.05, 3.63) is 41.5 Å². The van der Waals surface area contributed by atoms with Gasteiger partial charge in [-0.25, -0.2) is 4.98 Å². The molecule has 1 unspecified atom stereocenters. The molecule has 1 fully saturated rings. The van der Waals surface area contributed by atoms with Gasteiger partial charge >= 0.3 is 0 Å². The molecule has 3 aromatic rings. The summed E-state index contributed by atoms with van der Waals surface area (Å²) in [5, 5.41) is 2.06. The van der Waals surface area contributed by atoms with E-state index in [9.17, 15) is 4.79 Å². The number of hydrogen-bond acceptors (Lipinski definition) is 4. The smallest absolute Gasteiger partial charge is 0.228 e. The Hall–Kier alpha value is -2.34. The minimum atomic E-state index is 0.238. The largest absolute Gasteiger partial charge is 0.494 e. The minimum Gasteiger partial charge on any atom is -0.494 e. The zero-order valence-electron chi connectivity index (χ0n) is 16.6. The number of benzene rings is 1. The molecule has 1 atom stereocenters. The van der Waals surface area contributed by atoms with Crippen LogP contribution in [0, 0.1) is 0 Å². The highest BCUT2D eigenvalue weighted by atomic mass is 32.1. The van der Waals surface area contributed by atoms with E-state index in [4.69, 9.17) is 9.72 Å². The number of carbonyl (C=O) groups is 1. The van der Waals surface area contributed by atoms with Gasteiger partial charge in [-0.3, -0.25) is 9.20 Å². The summed E-state index contributed by atoms with van der Waals surface area (Å²) in [6, 6.07) is 8.40. The molecular formula is C22H27N3O2S. The molecule has 0 aliphatic carbocycles. The summed E-state index contributed by atoms with van der Waals surface area (Å²) in [6.07, 6.45) is 7.01. The van der Waals surface area contributed by atoms with Crippen LogP contribution in [0.2, 0.25) is 0 Å². The number of amides is 1. The third-order valence-electron chi connectivity index (χ3n) is 5.50. The second-order valence-electron chi connectivity index (χ2n) is 7.28. The first-order chi connectivity index (χ1) is 13.7.